The molecule has 6 aromatic rings. The van der Waals surface area contributed by atoms with E-state index < -0.39 is 0 Å². The lowest BCUT2D eigenvalue weighted by Gasteiger charge is -2.26. The van der Waals surface area contributed by atoms with Crippen molar-refractivity contribution in [1.82, 2.24) is 0 Å². The number of benzene rings is 4. The molecule has 0 saturated heterocycles. The first kappa shape index (κ1) is 32.3. The molecule has 4 aromatic carbocycles. The summed E-state index contributed by atoms with van der Waals surface area (Å²) in [5.41, 5.74) is 12.0. The maximum atomic E-state index is 3.91. The molecule has 1 aliphatic carbocycles. The highest BCUT2D eigenvalue weighted by atomic mass is 32.1. The fraction of sp³-hybridized carbons (Fsp3) is 0.0870. The highest BCUT2D eigenvalue weighted by molar-refractivity contribution is 7.18. The summed E-state index contributed by atoms with van der Waals surface area (Å²) in [4.78, 5) is 7.51. The van der Waals surface area contributed by atoms with Gasteiger partial charge in [-0.15, -0.1) is 22.7 Å². The quantitative estimate of drug-likeness (QED) is 0.131. The molecule has 0 amide bonds. The van der Waals surface area contributed by atoms with Crippen LogP contribution < -0.4 is 4.90 Å². The summed E-state index contributed by atoms with van der Waals surface area (Å²) in [6, 6.07) is 44.5. The van der Waals surface area contributed by atoms with Crippen LogP contribution in [0.3, 0.4) is 0 Å². The second kappa shape index (κ2) is 14.9. The lowest BCUT2D eigenvalue weighted by Crippen LogP contribution is -2.09. The Kier molecular flexibility index (Phi) is 9.84. The molecule has 2 heterocycles. The Morgan fingerprint density at radius 2 is 1.22 bits per heavy atom. The Balaban J connectivity index is 1.21. The van der Waals surface area contributed by atoms with E-state index in [9.17, 15) is 0 Å². The van der Waals surface area contributed by atoms with Gasteiger partial charge in [0.1, 0.15) is 0 Å². The van der Waals surface area contributed by atoms with Crippen molar-refractivity contribution in [1.29, 1.82) is 0 Å². The van der Waals surface area contributed by atoms with Gasteiger partial charge in [0.15, 0.2) is 0 Å². The van der Waals surface area contributed by atoms with Gasteiger partial charge in [-0.05, 0) is 121 Å². The Morgan fingerprint density at radius 3 is 1.78 bits per heavy atom. The molecule has 0 radical (unpaired) electrons. The van der Waals surface area contributed by atoms with Crippen LogP contribution in [0.2, 0.25) is 0 Å². The van der Waals surface area contributed by atoms with Crippen LogP contribution in [0, 0.1) is 6.92 Å². The standard InChI is InChI=1S/C46H39NS2/c1-4-10-34(11-5-2)35-16-22-40(23-17-35)47(41-24-18-37(19-25-41)44-29-28-43(48-44)36-13-7-6-8-14-36)42-26-20-38(21-27-42)45-30-31-46(49-45)39-15-9-12-33(3)32-39/h4-5,7,9-32H,1,6,8H2,2-3H3/b11-5-,34-10+. The number of thiophene rings is 2. The van der Waals surface area contributed by atoms with Crippen LogP contribution in [0.4, 0.5) is 17.1 Å². The molecule has 0 atom stereocenters. The second-order valence-electron chi connectivity index (χ2n) is 12.2. The highest BCUT2D eigenvalue weighted by Crippen LogP contribution is 2.40. The third-order valence-corrected chi connectivity index (χ3v) is 11.1. The van der Waals surface area contributed by atoms with Crippen molar-refractivity contribution in [2.75, 3.05) is 4.90 Å². The first-order valence-electron chi connectivity index (χ1n) is 16.8. The number of rotatable bonds is 10. The third kappa shape index (κ3) is 7.29. The number of nitrogens with zero attached hydrogens (tertiary/aromatic N) is 1. The summed E-state index contributed by atoms with van der Waals surface area (Å²) < 4.78 is 0. The molecule has 3 heteroatoms. The van der Waals surface area contributed by atoms with Crippen molar-refractivity contribution >= 4 is 50.9 Å². The van der Waals surface area contributed by atoms with Crippen molar-refractivity contribution in [3.05, 3.63) is 186 Å². The van der Waals surface area contributed by atoms with E-state index in [0.717, 1.165) is 41.0 Å². The van der Waals surface area contributed by atoms with E-state index in [1.807, 2.05) is 35.7 Å². The summed E-state index contributed by atoms with van der Waals surface area (Å²) in [5.74, 6) is 0. The van der Waals surface area contributed by atoms with Crippen LogP contribution in [0.1, 0.15) is 35.8 Å². The molecule has 0 spiro atoms. The first-order valence-corrected chi connectivity index (χ1v) is 18.4. The molecule has 0 fully saturated rings. The Hall–Kier alpha value is -5.22. The predicted octanol–water partition coefficient (Wildman–Crippen LogP) is 14.5. The van der Waals surface area contributed by atoms with Gasteiger partial charge in [-0.3, -0.25) is 0 Å². The SMILES string of the molecule is C=C/C=C(\C=C/C)c1ccc(N(c2ccc(-c3ccc(C4=CCCC=C4)s3)cc2)c2ccc(-c3ccc(-c4cccc(C)c4)s3)cc2)cc1. The number of aryl methyl sites for hydroxylation is 1. The fourth-order valence-corrected chi connectivity index (χ4v) is 8.29. The molecule has 1 nitrogen and oxygen atoms in total. The van der Waals surface area contributed by atoms with Gasteiger partial charge in [0.05, 0.1) is 0 Å². The number of hydrogen-bond donors (Lipinski definition) is 0. The van der Waals surface area contributed by atoms with Gasteiger partial charge < -0.3 is 4.90 Å². The third-order valence-electron chi connectivity index (χ3n) is 8.72. The van der Waals surface area contributed by atoms with Gasteiger partial charge in [0.25, 0.3) is 0 Å². The molecule has 7 rings (SSSR count). The summed E-state index contributed by atoms with van der Waals surface area (Å²) >= 11 is 3.70. The van der Waals surface area contributed by atoms with E-state index >= 15 is 0 Å². The minimum atomic E-state index is 1.11. The van der Waals surface area contributed by atoms with Crippen LogP contribution in [0.25, 0.3) is 42.5 Å². The van der Waals surface area contributed by atoms with Gasteiger partial charge >= 0.3 is 0 Å². The summed E-state index contributed by atoms with van der Waals surface area (Å²) in [5, 5.41) is 0. The number of hydrogen-bond acceptors (Lipinski definition) is 3. The Labute approximate surface area is 298 Å². The van der Waals surface area contributed by atoms with Crippen LogP contribution in [-0.4, -0.2) is 0 Å². The van der Waals surface area contributed by atoms with Crippen LogP contribution in [0.15, 0.2) is 170 Å². The normalized spacial score (nSPS) is 13.1. The fourth-order valence-electron chi connectivity index (χ4n) is 6.25. The monoisotopic (exact) mass is 669 g/mol. The molecule has 49 heavy (non-hydrogen) atoms. The van der Waals surface area contributed by atoms with E-state index in [1.54, 1.807) is 0 Å². The predicted molar refractivity (Wildman–Crippen MR) is 217 cm³/mol. The largest absolute Gasteiger partial charge is 0.311 e. The topological polar surface area (TPSA) is 3.24 Å². The van der Waals surface area contributed by atoms with E-state index in [2.05, 4.69) is 176 Å². The summed E-state index contributed by atoms with van der Waals surface area (Å²) in [6.45, 7) is 8.10. The zero-order valence-electron chi connectivity index (χ0n) is 28.0. The minimum absolute atomic E-state index is 1.11. The molecular formula is C46H39NS2. The lowest BCUT2D eigenvalue weighted by molar-refractivity contribution is 1.04. The Bertz CT molecular complexity index is 2180. The van der Waals surface area contributed by atoms with Gasteiger partial charge in [0, 0.05) is 36.6 Å². The molecule has 0 bridgehead atoms. The summed E-state index contributed by atoms with van der Waals surface area (Å²) in [6.07, 6.45) is 17.2. The molecule has 0 unspecified atom stereocenters. The lowest BCUT2D eigenvalue weighted by atomic mass is 10.0. The van der Waals surface area contributed by atoms with Crippen molar-refractivity contribution in [3.8, 4) is 31.3 Å². The zero-order chi connectivity index (χ0) is 33.6. The molecule has 0 aliphatic heterocycles. The maximum absolute atomic E-state index is 3.91. The molecule has 240 valence electrons. The Morgan fingerprint density at radius 1 is 0.653 bits per heavy atom. The molecule has 0 N–H and O–H groups in total. The van der Waals surface area contributed by atoms with Gasteiger partial charge in [-0.2, -0.15) is 0 Å². The maximum Gasteiger partial charge on any atom is 0.0462 e. The smallest absolute Gasteiger partial charge is 0.0462 e. The summed E-state index contributed by atoms with van der Waals surface area (Å²) in [7, 11) is 0. The molecule has 0 saturated carbocycles. The van der Waals surface area contributed by atoms with Gasteiger partial charge in [0.2, 0.25) is 0 Å². The van der Waals surface area contributed by atoms with Gasteiger partial charge in [-0.25, -0.2) is 0 Å². The molecular weight excluding hydrogens is 631 g/mol. The molecule has 2 aromatic heterocycles. The number of anilines is 3. The van der Waals surface area contributed by atoms with Gasteiger partial charge in [-0.1, -0.05) is 115 Å². The molecule has 1 aliphatic rings. The average Bonchev–Trinajstić information content (AvgIpc) is 3.85. The second-order valence-corrected chi connectivity index (χ2v) is 14.3. The average molecular weight is 670 g/mol. The minimum Gasteiger partial charge on any atom is -0.311 e. The van der Waals surface area contributed by atoms with Crippen molar-refractivity contribution in [2.24, 2.45) is 0 Å². The van der Waals surface area contributed by atoms with Crippen LogP contribution in [-0.2, 0) is 0 Å². The van der Waals surface area contributed by atoms with E-state index in [-0.39, 0.29) is 0 Å². The van der Waals surface area contributed by atoms with E-state index in [4.69, 9.17) is 0 Å². The highest BCUT2D eigenvalue weighted by Gasteiger charge is 2.15. The first-order chi connectivity index (χ1) is 24.1. The van der Waals surface area contributed by atoms with Crippen molar-refractivity contribution in [3.63, 3.8) is 0 Å². The van der Waals surface area contributed by atoms with Crippen LogP contribution in [0.5, 0.6) is 0 Å². The number of allylic oxidation sites excluding steroid dienone is 9. The van der Waals surface area contributed by atoms with E-state index in [0.29, 0.717) is 0 Å². The van der Waals surface area contributed by atoms with Crippen molar-refractivity contribution < 1.29 is 0 Å². The zero-order valence-corrected chi connectivity index (χ0v) is 29.6. The van der Waals surface area contributed by atoms with E-state index in [1.165, 1.54) is 47.3 Å². The van der Waals surface area contributed by atoms with Crippen molar-refractivity contribution in [2.45, 2.75) is 26.7 Å². The van der Waals surface area contributed by atoms with Crippen LogP contribution >= 0.6 is 22.7 Å².